The van der Waals surface area contributed by atoms with Gasteiger partial charge in [0.25, 0.3) is 0 Å². The Kier molecular flexibility index (Phi) is 4.65. The van der Waals surface area contributed by atoms with Gasteiger partial charge in [0, 0.05) is 5.56 Å². The number of methoxy groups -OCH3 is 1. The van der Waals surface area contributed by atoms with Gasteiger partial charge in [-0.25, -0.2) is 4.79 Å². The molecule has 1 aromatic carbocycles. The summed E-state index contributed by atoms with van der Waals surface area (Å²) in [6.45, 7) is 2.69. The van der Waals surface area contributed by atoms with Crippen LogP contribution in [-0.2, 0) is 16.1 Å². The molecule has 1 aromatic heterocycles. The van der Waals surface area contributed by atoms with Crippen LogP contribution in [0.2, 0.25) is 0 Å². The summed E-state index contributed by atoms with van der Waals surface area (Å²) >= 11 is 0. The van der Waals surface area contributed by atoms with Gasteiger partial charge in [0.1, 0.15) is 5.75 Å². The Morgan fingerprint density at radius 3 is 2.70 bits per heavy atom. The van der Waals surface area contributed by atoms with Crippen molar-refractivity contribution in [1.82, 2.24) is 20.2 Å². The van der Waals surface area contributed by atoms with E-state index in [4.69, 9.17) is 4.74 Å². The minimum atomic E-state index is -0.419. The summed E-state index contributed by atoms with van der Waals surface area (Å²) in [5.74, 6) is 0.839. The summed E-state index contributed by atoms with van der Waals surface area (Å²) in [5.41, 5.74) is 0.810. The van der Waals surface area contributed by atoms with Crippen molar-refractivity contribution in [2.75, 3.05) is 13.7 Å². The zero-order chi connectivity index (χ0) is 14.4. The Morgan fingerprint density at radius 2 is 2.05 bits per heavy atom. The van der Waals surface area contributed by atoms with Gasteiger partial charge in [-0.15, -0.1) is 10.2 Å². The van der Waals surface area contributed by atoms with Gasteiger partial charge < -0.3 is 9.47 Å². The maximum absolute atomic E-state index is 11.1. The largest absolute Gasteiger partial charge is 0.494 e. The number of carbonyl (C=O) groups is 1. The molecule has 0 spiro atoms. The first-order valence-electron chi connectivity index (χ1n) is 6.30. The molecule has 0 unspecified atom stereocenters. The number of tetrazole rings is 1. The van der Waals surface area contributed by atoms with E-state index in [1.165, 1.54) is 11.9 Å². The maximum atomic E-state index is 11.1. The number of rotatable bonds is 6. The molecule has 0 bridgehead atoms. The van der Waals surface area contributed by atoms with Crippen molar-refractivity contribution in [1.29, 1.82) is 0 Å². The molecule has 0 saturated heterocycles. The number of esters is 1. The van der Waals surface area contributed by atoms with E-state index in [1.54, 1.807) is 0 Å². The molecule has 0 saturated carbocycles. The van der Waals surface area contributed by atoms with Gasteiger partial charge in [0.05, 0.1) is 13.7 Å². The zero-order valence-corrected chi connectivity index (χ0v) is 11.4. The van der Waals surface area contributed by atoms with Crippen LogP contribution in [0.3, 0.4) is 0 Å². The highest BCUT2D eigenvalue weighted by atomic mass is 16.5. The van der Waals surface area contributed by atoms with Crippen LogP contribution in [0.15, 0.2) is 24.3 Å². The Labute approximate surface area is 116 Å². The molecule has 0 aliphatic carbocycles. The molecule has 0 atom stereocenters. The lowest BCUT2D eigenvalue weighted by molar-refractivity contribution is -0.141. The highest BCUT2D eigenvalue weighted by molar-refractivity contribution is 5.68. The average Bonchev–Trinajstić information content (AvgIpc) is 2.94. The molecule has 0 N–H and O–H groups in total. The monoisotopic (exact) mass is 276 g/mol. The highest BCUT2D eigenvalue weighted by Crippen LogP contribution is 2.18. The van der Waals surface area contributed by atoms with E-state index in [0.717, 1.165) is 17.7 Å². The number of carbonyl (C=O) groups excluding carboxylic acids is 1. The molecule has 106 valence electrons. The van der Waals surface area contributed by atoms with Gasteiger partial charge in [-0.3, -0.25) is 0 Å². The lowest BCUT2D eigenvalue weighted by Gasteiger charge is -2.04. The predicted octanol–water partition coefficient (Wildman–Crippen LogP) is 1.30. The van der Waals surface area contributed by atoms with E-state index < -0.39 is 5.97 Å². The molecule has 0 aliphatic heterocycles. The van der Waals surface area contributed by atoms with E-state index in [1.807, 2.05) is 24.3 Å². The number of benzene rings is 1. The van der Waals surface area contributed by atoms with Crippen LogP contribution in [0.4, 0.5) is 0 Å². The topological polar surface area (TPSA) is 79.1 Å². The molecule has 0 amide bonds. The predicted molar refractivity (Wildman–Crippen MR) is 71.1 cm³/mol. The fraction of sp³-hybridized carbons (Fsp3) is 0.385. The smallest absolute Gasteiger partial charge is 0.329 e. The average molecular weight is 276 g/mol. The Bertz CT molecular complexity index is 565. The van der Waals surface area contributed by atoms with E-state index in [0.29, 0.717) is 12.4 Å². The molecule has 7 heteroatoms. The molecule has 7 nitrogen and oxygen atoms in total. The van der Waals surface area contributed by atoms with E-state index in [2.05, 4.69) is 27.1 Å². The Hall–Kier alpha value is -2.44. The summed E-state index contributed by atoms with van der Waals surface area (Å²) in [7, 11) is 1.31. The van der Waals surface area contributed by atoms with Crippen LogP contribution >= 0.6 is 0 Å². The van der Waals surface area contributed by atoms with Crippen LogP contribution in [0, 0.1) is 0 Å². The Balaban J connectivity index is 2.06. The lowest BCUT2D eigenvalue weighted by atomic mass is 10.2. The number of hydrogen-bond donors (Lipinski definition) is 0. The fourth-order valence-electron chi connectivity index (χ4n) is 1.53. The van der Waals surface area contributed by atoms with Gasteiger partial charge in [-0.05, 0) is 35.9 Å². The molecule has 1 heterocycles. The van der Waals surface area contributed by atoms with Crippen LogP contribution in [0.25, 0.3) is 11.4 Å². The zero-order valence-electron chi connectivity index (χ0n) is 11.4. The number of ether oxygens (including phenoxy) is 2. The molecule has 20 heavy (non-hydrogen) atoms. The second-order valence-corrected chi connectivity index (χ2v) is 4.09. The number of hydrogen-bond acceptors (Lipinski definition) is 6. The third-order valence-electron chi connectivity index (χ3n) is 2.54. The van der Waals surface area contributed by atoms with E-state index in [-0.39, 0.29) is 6.54 Å². The fourth-order valence-corrected chi connectivity index (χ4v) is 1.53. The third kappa shape index (κ3) is 3.53. The summed E-state index contributed by atoms with van der Waals surface area (Å²) < 4.78 is 10.0. The van der Waals surface area contributed by atoms with Crippen molar-refractivity contribution in [2.45, 2.75) is 19.9 Å². The second kappa shape index (κ2) is 6.65. The van der Waals surface area contributed by atoms with Gasteiger partial charge in [0.15, 0.2) is 6.54 Å². The maximum Gasteiger partial charge on any atom is 0.329 e. The molecule has 0 fully saturated rings. The first kappa shape index (κ1) is 14.0. The minimum absolute atomic E-state index is 0.0544. The first-order valence-corrected chi connectivity index (χ1v) is 6.30. The van der Waals surface area contributed by atoms with Crippen LogP contribution < -0.4 is 4.74 Å². The molecular weight excluding hydrogens is 260 g/mol. The molecular formula is C13H16N4O3. The van der Waals surface area contributed by atoms with Crippen molar-refractivity contribution >= 4 is 5.97 Å². The van der Waals surface area contributed by atoms with Crippen molar-refractivity contribution in [3.8, 4) is 17.1 Å². The van der Waals surface area contributed by atoms with Crippen LogP contribution in [0.5, 0.6) is 5.75 Å². The van der Waals surface area contributed by atoms with E-state index in [9.17, 15) is 4.79 Å². The minimum Gasteiger partial charge on any atom is -0.494 e. The SMILES string of the molecule is CCCOc1ccc(-c2nnn(CC(=O)OC)n2)cc1. The van der Waals surface area contributed by atoms with Crippen molar-refractivity contribution in [3.63, 3.8) is 0 Å². The molecule has 0 radical (unpaired) electrons. The van der Waals surface area contributed by atoms with Crippen molar-refractivity contribution < 1.29 is 14.3 Å². The molecule has 0 aliphatic rings. The lowest BCUT2D eigenvalue weighted by Crippen LogP contribution is -2.14. The summed E-state index contributed by atoms with van der Waals surface area (Å²) in [6.07, 6.45) is 0.963. The molecule has 2 aromatic rings. The first-order chi connectivity index (χ1) is 9.72. The van der Waals surface area contributed by atoms with E-state index >= 15 is 0 Å². The summed E-state index contributed by atoms with van der Waals surface area (Å²) in [5, 5.41) is 11.8. The normalized spacial score (nSPS) is 10.3. The molecule has 2 rings (SSSR count). The standard InChI is InChI=1S/C13H16N4O3/c1-3-8-20-11-6-4-10(5-7-11)13-14-16-17(15-13)9-12(18)19-2/h4-7H,3,8-9H2,1-2H3. The van der Waals surface area contributed by atoms with Gasteiger partial charge in [-0.2, -0.15) is 4.80 Å². The third-order valence-corrected chi connectivity index (χ3v) is 2.54. The quantitative estimate of drug-likeness (QED) is 0.740. The summed E-state index contributed by atoms with van der Waals surface area (Å²) in [4.78, 5) is 12.3. The number of nitrogens with zero attached hydrogens (tertiary/aromatic N) is 4. The van der Waals surface area contributed by atoms with Crippen molar-refractivity contribution in [3.05, 3.63) is 24.3 Å². The Morgan fingerprint density at radius 1 is 1.30 bits per heavy atom. The van der Waals surface area contributed by atoms with Crippen LogP contribution in [-0.4, -0.2) is 39.9 Å². The van der Waals surface area contributed by atoms with Crippen LogP contribution in [0.1, 0.15) is 13.3 Å². The second-order valence-electron chi connectivity index (χ2n) is 4.09. The van der Waals surface area contributed by atoms with Gasteiger partial charge in [-0.1, -0.05) is 6.92 Å². The number of aromatic nitrogens is 4. The van der Waals surface area contributed by atoms with Crippen molar-refractivity contribution in [2.24, 2.45) is 0 Å². The summed E-state index contributed by atoms with van der Waals surface area (Å²) in [6, 6.07) is 7.41. The van der Waals surface area contributed by atoms with Gasteiger partial charge in [0.2, 0.25) is 5.82 Å². The van der Waals surface area contributed by atoms with Gasteiger partial charge >= 0.3 is 5.97 Å². The highest BCUT2D eigenvalue weighted by Gasteiger charge is 2.09.